The Morgan fingerprint density at radius 1 is 1.53 bits per heavy atom. The van der Waals surface area contributed by atoms with Gasteiger partial charge in [0.2, 0.25) is 5.91 Å². The Bertz CT molecular complexity index is 419. The van der Waals surface area contributed by atoms with Gasteiger partial charge in [-0.05, 0) is 18.2 Å². The van der Waals surface area contributed by atoms with Gasteiger partial charge < -0.3 is 16.2 Å². The molecule has 0 heterocycles. The number of rotatable bonds is 5. The van der Waals surface area contributed by atoms with Crippen molar-refractivity contribution >= 4 is 23.2 Å². The molecule has 0 aromatic heterocycles. The van der Waals surface area contributed by atoms with Gasteiger partial charge in [0.1, 0.15) is 0 Å². The molecule has 4 nitrogen and oxygen atoms in total. The van der Waals surface area contributed by atoms with E-state index in [2.05, 4.69) is 5.32 Å². The first kappa shape index (κ1) is 13.8. The van der Waals surface area contributed by atoms with Crippen LogP contribution < -0.4 is 11.1 Å². The second-order valence-corrected chi connectivity index (χ2v) is 5.14. The van der Waals surface area contributed by atoms with Crippen molar-refractivity contribution in [1.82, 2.24) is 0 Å². The van der Waals surface area contributed by atoms with E-state index in [0.717, 1.165) is 0 Å². The molecule has 1 aromatic carbocycles. The molecule has 94 valence electrons. The lowest BCUT2D eigenvalue weighted by Crippen LogP contribution is -2.27. The fraction of sp³-hybridized carbons (Fsp3) is 0.417. The molecule has 0 aliphatic rings. The molecule has 0 radical (unpaired) electrons. The largest absolute Gasteiger partial charge is 0.396 e. The lowest BCUT2D eigenvalue weighted by atomic mass is 9.95. The fourth-order valence-electron chi connectivity index (χ4n) is 1.20. The van der Waals surface area contributed by atoms with Gasteiger partial charge in [0.25, 0.3) is 0 Å². The van der Waals surface area contributed by atoms with Crippen LogP contribution >= 0.6 is 11.6 Å². The summed E-state index contributed by atoms with van der Waals surface area (Å²) >= 11 is 6.00. The number of nitrogens with one attached hydrogen (secondary N) is 1. The molecule has 0 bridgehead atoms. The Morgan fingerprint density at radius 3 is 2.71 bits per heavy atom. The quantitative estimate of drug-likeness (QED) is 0.753. The van der Waals surface area contributed by atoms with Crippen LogP contribution in [0.2, 0.25) is 5.02 Å². The third kappa shape index (κ3) is 3.91. The topological polar surface area (TPSA) is 75.3 Å². The molecule has 17 heavy (non-hydrogen) atoms. The molecule has 0 fully saturated rings. The Morgan fingerprint density at radius 2 is 2.18 bits per heavy atom. The summed E-state index contributed by atoms with van der Waals surface area (Å²) in [6.07, 6.45) is 0. The Kier molecular flexibility index (Phi) is 4.37. The van der Waals surface area contributed by atoms with E-state index in [1.165, 1.54) is 0 Å². The summed E-state index contributed by atoms with van der Waals surface area (Å²) in [6.45, 7) is 4.45. The summed E-state index contributed by atoms with van der Waals surface area (Å²) in [5.41, 5.74) is 5.98. The number of benzene rings is 1. The minimum atomic E-state index is -0.494. The predicted octanol–water partition coefficient (Wildman–Crippen LogP) is 1.87. The van der Waals surface area contributed by atoms with E-state index in [-0.39, 0.29) is 12.0 Å². The van der Waals surface area contributed by atoms with E-state index in [9.17, 15) is 4.79 Å². The van der Waals surface area contributed by atoms with Gasteiger partial charge in [-0.15, -0.1) is 0 Å². The lowest BCUT2D eigenvalue weighted by Gasteiger charge is -2.23. The summed E-state index contributed by atoms with van der Waals surface area (Å²) in [5, 5.41) is 12.8. The summed E-state index contributed by atoms with van der Waals surface area (Å²) < 4.78 is 0. The zero-order valence-corrected chi connectivity index (χ0v) is 10.7. The van der Waals surface area contributed by atoms with Crippen LogP contribution in [0.3, 0.4) is 0 Å². The highest BCUT2D eigenvalue weighted by molar-refractivity contribution is 6.33. The molecule has 0 aliphatic carbocycles. The van der Waals surface area contributed by atoms with E-state index in [0.29, 0.717) is 22.8 Å². The number of hydrogen-bond donors (Lipinski definition) is 3. The number of aliphatic hydroxyl groups is 1. The number of anilines is 1. The maximum Gasteiger partial charge on any atom is 0.248 e. The second-order valence-electron chi connectivity index (χ2n) is 4.73. The van der Waals surface area contributed by atoms with E-state index < -0.39 is 5.91 Å². The molecule has 1 rings (SSSR count). The molecule has 0 aliphatic heterocycles. The third-order valence-electron chi connectivity index (χ3n) is 2.44. The molecular formula is C12H17ClN2O2. The van der Waals surface area contributed by atoms with Gasteiger partial charge in [-0.3, -0.25) is 4.79 Å². The zero-order valence-electron chi connectivity index (χ0n) is 9.96. The maximum atomic E-state index is 11.0. The number of aliphatic hydroxyl groups excluding tert-OH is 1. The maximum absolute atomic E-state index is 11.0. The number of amides is 1. The number of halogens is 1. The number of hydrogen-bond acceptors (Lipinski definition) is 3. The Labute approximate surface area is 106 Å². The van der Waals surface area contributed by atoms with Crippen LogP contribution in [0.1, 0.15) is 24.2 Å². The van der Waals surface area contributed by atoms with E-state index in [4.69, 9.17) is 22.4 Å². The Hall–Kier alpha value is -1.26. The SMILES string of the molecule is CC(C)(CO)CNc1cc(C(N)=O)ccc1Cl. The smallest absolute Gasteiger partial charge is 0.248 e. The van der Waals surface area contributed by atoms with Crippen molar-refractivity contribution in [2.24, 2.45) is 11.1 Å². The van der Waals surface area contributed by atoms with Crippen molar-refractivity contribution in [3.8, 4) is 0 Å². The van der Waals surface area contributed by atoms with Gasteiger partial charge in [-0.2, -0.15) is 0 Å². The average molecular weight is 257 g/mol. The highest BCUT2D eigenvalue weighted by Crippen LogP contribution is 2.24. The van der Waals surface area contributed by atoms with Crippen LogP contribution in [-0.2, 0) is 0 Å². The zero-order chi connectivity index (χ0) is 13.1. The van der Waals surface area contributed by atoms with Crippen LogP contribution in [0.25, 0.3) is 0 Å². The average Bonchev–Trinajstić information content (AvgIpc) is 2.27. The minimum Gasteiger partial charge on any atom is -0.396 e. The fourth-order valence-corrected chi connectivity index (χ4v) is 1.39. The number of carbonyl (C=O) groups is 1. The molecule has 0 saturated carbocycles. The predicted molar refractivity (Wildman–Crippen MR) is 69.3 cm³/mol. The molecule has 0 unspecified atom stereocenters. The minimum absolute atomic E-state index is 0.0626. The van der Waals surface area contributed by atoms with Crippen LogP contribution in [0, 0.1) is 5.41 Å². The molecule has 1 aromatic rings. The van der Waals surface area contributed by atoms with Crippen molar-refractivity contribution in [2.45, 2.75) is 13.8 Å². The van der Waals surface area contributed by atoms with Gasteiger partial charge in [-0.25, -0.2) is 0 Å². The summed E-state index contributed by atoms with van der Waals surface area (Å²) in [4.78, 5) is 11.0. The molecule has 0 atom stereocenters. The first-order chi connectivity index (χ1) is 7.85. The van der Waals surface area contributed by atoms with Gasteiger partial charge >= 0.3 is 0 Å². The molecule has 0 saturated heterocycles. The Balaban J connectivity index is 2.83. The summed E-state index contributed by atoms with van der Waals surface area (Å²) in [5.74, 6) is -0.494. The molecule has 5 heteroatoms. The van der Waals surface area contributed by atoms with Gasteiger partial charge in [0.15, 0.2) is 0 Å². The van der Waals surface area contributed by atoms with Crippen molar-refractivity contribution in [2.75, 3.05) is 18.5 Å². The first-order valence-corrected chi connectivity index (χ1v) is 5.67. The van der Waals surface area contributed by atoms with Crippen molar-refractivity contribution in [1.29, 1.82) is 0 Å². The van der Waals surface area contributed by atoms with Crippen LogP contribution in [0.4, 0.5) is 5.69 Å². The van der Waals surface area contributed by atoms with Gasteiger partial charge in [0, 0.05) is 24.1 Å². The lowest BCUT2D eigenvalue weighted by molar-refractivity contribution is 0.100. The summed E-state index contributed by atoms with van der Waals surface area (Å²) in [6, 6.07) is 4.81. The highest BCUT2D eigenvalue weighted by atomic mass is 35.5. The standard InChI is InChI=1S/C12H17ClN2O2/c1-12(2,7-16)6-15-10-5-8(11(14)17)3-4-9(10)13/h3-5,15-16H,6-7H2,1-2H3,(H2,14,17). The monoisotopic (exact) mass is 256 g/mol. The number of carbonyl (C=O) groups excluding carboxylic acids is 1. The molecule has 0 spiro atoms. The van der Waals surface area contributed by atoms with Crippen molar-refractivity contribution in [3.63, 3.8) is 0 Å². The molecule has 1 amide bonds. The van der Waals surface area contributed by atoms with Crippen LogP contribution in [-0.4, -0.2) is 24.2 Å². The normalized spacial score (nSPS) is 11.3. The van der Waals surface area contributed by atoms with Crippen LogP contribution in [0.15, 0.2) is 18.2 Å². The number of primary amides is 1. The van der Waals surface area contributed by atoms with Gasteiger partial charge in [0.05, 0.1) is 10.7 Å². The van der Waals surface area contributed by atoms with E-state index >= 15 is 0 Å². The van der Waals surface area contributed by atoms with Gasteiger partial charge in [-0.1, -0.05) is 25.4 Å². The second kappa shape index (κ2) is 5.38. The molecular weight excluding hydrogens is 240 g/mol. The highest BCUT2D eigenvalue weighted by Gasteiger charge is 2.16. The van der Waals surface area contributed by atoms with E-state index in [1.807, 2.05) is 13.8 Å². The van der Waals surface area contributed by atoms with Crippen LogP contribution in [0.5, 0.6) is 0 Å². The first-order valence-electron chi connectivity index (χ1n) is 5.30. The van der Waals surface area contributed by atoms with E-state index in [1.54, 1.807) is 18.2 Å². The van der Waals surface area contributed by atoms with Crippen molar-refractivity contribution < 1.29 is 9.90 Å². The summed E-state index contributed by atoms with van der Waals surface area (Å²) in [7, 11) is 0. The molecule has 4 N–H and O–H groups in total. The third-order valence-corrected chi connectivity index (χ3v) is 2.77. The van der Waals surface area contributed by atoms with Crippen molar-refractivity contribution in [3.05, 3.63) is 28.8 Å². The number of nitrogens with two attached hydrogens (primary N) is 1.